The van der Waals surface area contributed by atoms with E-state index in [2.05, 4.69) is 13.8 Å². The number of nitrogens with two attached hydrogens (primary N) is 1. The molecule has 1 unspecified atom stereocenters. The molecule has 0 saturated carbocycles. The van der Waals surface area contributed by atoms with Crippen LogP contribution in [0.15, 0.2) is 0 Å². The monoisotopic (exact) mass is 200 g/mol. The molecular weight excluding hydrogens is 176 g/mol. The normalized spacial score (nSPS) is 13.0. The second-order valence-corrected chi connectivity index (χ2v) is 3.76. The molecule has 3 heteroatoms. The summed E-state index contributed by atoms with van der Waals surface area (Å²) in [5.74, 6) is 0.198. The Morgan fingerprint density at radius 1 is 1.21 bits per heavy atom. The summed E-state index contributed by atoms with van der Waals surface area (Å²) in [5, 5.41) is 0. The molecule has 0 rings (SSSR count). The highest BCUT2D eigenvalue weighted by Crippen LogP contribution is 2.12. The number of carbonyl (C=O) groups excluding carboxylic acids is 1. The SMILES string of the molecule is CCC(CN)C(=O)N(C)C(CC)CC. The van der Waals surface area contributed by atoms with Crippen molar-refractivity contribution in [2.75, 3.05) is 13.6 Å². The average molecular weight is 200 g/mol. The lowest BCUT2D eigenvalue weighted by atomic mass is 10.0. The minimum atomic E-state index is 0.000556. The Kier molecular flexibility index (Phi) is 6.54. The summed E-state index contributed by atoms with van der Waals surface area (Å²) in [6.07, 6.45) is 2.86. The van der Waals surface area contributed by atoms with E-state index >= 15 is 0 Å². The Bertz CT molecular complexity index is 163. The van der Waals surface area contributed by atoms with Gasteiger partial charge in [0.15, 0.2) is 0 Å². The number of hydrogen-bond donors (Lipinski definition) is 1. The number of amides is 1. The van der Waals surface area contributed by atoms with Gasteiger partial charge in [0.05, 0.1) is 5.92 Å². The third kappa shape index (κ3) is 3.29. The van der Waals surface area contributed by atoms with Gasteiger partial charge in [0.1, 0.15) is 0 Å². The van der Waals surface area contributed by atoms with Crippen molar-refractivity contribution in [3.05, 3.63) is 0 Å². The van der Waals surface area contributed by atoms with Crippen LogP contribution in [0, 0.1) is 5.92 Å². The highest BCUT2D eigenvalue weighted by atomic mass is 16.2. The zero-order valence-electron chi connectivity index (χ0n) is 9.92. The Morgan fingerprint density at radius 2 is 1.71 bits per heavy atom. The van der Waals surface area contributed by atoms with Gasteiger partial charge in [0.25, 0.3) is 0 Å². The molecule has 0 aliphatic heterocycles. The van der Waals surface area contributed by atoms with Gasteiger partial charge < -0.3 is 10.6 Å². The van der Waals surface area contributed by atoms with E-state index in [-0.39, 0.29) is 11.8 Å². The number of rotatable bonds is 6. The van der Waals surface area contributed by atoms with E-state index in [0.717, 1.165) is 19.3 Å². The standard InChI is InChI=1S/C11H24N2O/c1-5-9(8-12)11(14)13(4)10(6-2)7-3/h9-10H,5-8,12H2,1-4H3. The first-order valence-corrected chi connectivity index (χ1v) is 5.58. The molecule has 0 heterocycles. The van der Waals surface area contributed by atoms with Crippen LogP contribution < -0.4 is 5.73 Å². The van der Waals surface area contributed by atoms with E-state index in [0.29, 0.717) is 12.6 Å². The van der Waals surface area contributed by atoms with Gasteiger partial charge >= 0.3 is 0 Å². The summed E-state index contributed by atoms with van der Waals surface area (Å²) >= 11 is 0. The number of hydrogen-bond acceptors (Lipinski definition) is 2. The molecule has 0 bridgehead atoms. The largest absolute Gasteiger partial charge is 0.343 e. The van der Waals surface area contributed by atoms with E-state index in [4.69, 9.17) is 5.73 Å². The molecule has 0 aliphatic rings. The third-order valence-electron chi connectivity index (χ3n) is 2.96. The van der Waals surface area contributed by atoms with Gasteiger partial charge in [-0.15, -0.1) is 0 Å². The van der Waals surface area contributed by atoms with Crippen LogP contribution in [0.1, 0.15) is 40.0 Å². The van der Waals surface area contributed by atoms with E-state index in [1.807, 2.05) is 18.9 Å². The van der Waals surface area contributed by atoms with Gasteiger partial charge in [-0.05, 0) is 19.3 Å². The molecule has 0 fully saturated rings. The summed E-state index contributed by atoms with van der Waals surface area (Å²) in [6.45, 7) is 6.69. The summed E-state index contributed by atoms with van der Waals surface area (Å²) < 4.78 is 0. The fourth-order valence-electron chi connectivity index (χ4n) is 1.75. The lowest BCUT2D eigenvalue weighted by Crippen LogP contribution is -2.42. The molecule has 14 heavy (non-hydrogen) atoms. The Morgan fingerprint density at radius 3 is 2.00 bits per heavy atom. The maximum absolute atomic E-state index is 11.9. The molecule has 0 aromatic heterocycles. The minimum absolute atomic E-state index is 0.000556. The van der Waals surface area contributed by atoms with Crippen LogP contribution in [0.4, 0.5) is 0 Å². The van der Waals surface area contributed by atoms with Gasteiger partial charge in [0, 0.05) is 19.6 Å². The van der Waals surface area contributed by atoms with Crippen molar-refractivity contribution in [1.82, 2.24) is 4.90 Å². The van der Waals surface area contributed by atoms with Crippen LogP contribution in [0.3, 0.4) is 0 Å². The molecule has 0 saturated heterocycles. The topological polar surface area (TPSA) is 46.3 Å². The molecule has 0 radical (unpaired) electrons. The average Bonchev–Trinajstić information content (AvgIpc) is 2.21. The van der Waals surface area contributed by atoms with E-state index in [1.165, 1.54) is 0 Å². The van der Waals surface area contributed by atoms with Gasteiger partial charge in [-0.1, -0.05) is 20.8 Å². The Balaban J connectivity index is 4.34. The summed E-state index contributed by atoms with van der Waals surface area (Å²) in [7, 11) is 1.89. The van der Waals surface area contributed by atoms with Gasteiger partial charge in [-0.2, -0.15) is 0 Å². The minimum Gasteiger partial charge on any atom is -0.343 e. The van der Waals surface area contributed by atoms with E-state index in [1.54, 1.807) is 0 Å². The highest BCUT2D eigenvalue weighted by molar-refractivity contribution is 5.79. The van der Waals surface area contributed by atoms with Crippen molar-refractivity contribution in [2.45, 2.75) is 46.1 Å². The first-order valence-electron chi connectivity index (χ1n) is 5.58. The van der Waals surface area contributed by atoms with Gasteiger partial charge in [-0.25, -0.2) is 0 Å². The molecule has 3 nitrogen and oxygen atoms in total. The lowest BCUT2D eigenvalue weighted by Gasteiger charge is -2.29. The van der Waals surface area contributed by atoms with Crippen molar-refractivity contribution in [1.29, 1.82) is 0 Å². The van der Waals surface area contributed by atoms with E-state index < -0.39 is 0 Å². The summed E-state index contributed by atoms with van der Waals surface area (Å²) in [6, 6.07) is 0.364. The van der Waals surface area contributed by atoms with Crippen LogP contribution in [-0.2, 0) is 4.79 Å². The van der Waals surface area contributed by atoms with E-state index in [9.17, 15) is 4.79 Å². The second-order valence-electron chi connectivity index (χ2n) is 3.76. The zero-order chi connectivity index (χ0) is 11.1. The van der Waals surface area contributed by atoms with Crippen molar-refractivity contribution in [2.24, 2.45) is 11.7 Å². The van der Waals surface area contributed by atoms with Crippen molar-refractivity contribution < 1.29 is 4.79 Å². The smallest absolute Gasteiger partial charge is 0.226 e. The Labute approximate surface area is 87.6 Å². The summed E-state index contributed by atoms with van der Waals surface area (Å²) in [5.41, 5.74) is 5.56. The van der Waals surface area contributed by atoms with Crippen LogP contribution >= 0.6 is 0 Å². The molecule has 1 amide bonds. The molecule has 84 valence electrons. The first-order chi connectivity index (χ1) is 6.62. The zero-order valence-corrected chi connectivity index (χ0v) is 9.92. The van der Waals surface area contributed by atoms with Crippen LogP contribution in [0.2, 0.25) is 0 Å². The number of carbonyl (C=O) groups is 1. The molecule has 0 aromatic carbocycles. The van der Waals surface area contributed by atoms with Gasteiger partial charge in [0.2, 0.25) is 5.91 Å². The second kappa shape index (κ2) is 6.82. The number of nitrogens with zero attached hydrogens (tertiary/aromatic N) is 1. The van der Waals surface area contributed by atoms with Crippen molar-refractivity contribution >= 4 is 5.91 Å². The van der Waals surface area contributed by atoms with Crippen LogP contribution in [0.5, 0.6) is 0 Å². The van der Waals surface area contributed by atoms with Crippen LogP contribution in [-0.4, -0.2) is 30.4 Å². The molecule has 2 N–H and O–H groups in total. The maximum atomic E-state index is 11.9. The maximum Gasteiger partial charge on any atom is 0.226 e. The van der Waals surface area contributed by atoms with Gasteiger partial charge in [-0.3, -0.25) is 4.79 Å². The predicted octanol–water partition coefficient (Wildman–Crippen LogP) is 1.62. The third-order valence-corrected chi connectivity index (χ3v) is 2.96. The summed E-state index contributed by atoms with van der Waals surface area (Å²) in [4.78, 5) is 13.8. The molecule has 0 aromatic rings. The first kappa shape index (κ1) is 13.4. The molecule has 1 atom stereocenters. The molecular formula is C11H24N2O. The molecule has 0 aliphatic carbocycles. The molecule has 0 spiro atoms. The van der Waals surface area contributed by atoms with Crippen LogP contribution in [0.25, 0.3) is 0 Å². The lowest BCUT2D eigenvalue weighted by molar-refractivity contribution is -0.136. The van der Waals surface area contributed by atoms with Crippen molar-refractivity contribution in [3.8, 4) is 0 Å². The Hall–Kier alpha value is -0.570. The fraction of sp³-hybridized carbons (Fsp3) is 0.909. The quantitative estimate of drug-likeness (QED) is 0.708. The predicted molar refractivity (Wildman–Crippen MR) is 60.0 cm³/mol. The fourth-order valence-corrected chi connectivity index (χ4v) is 1.75. The highest BCUT2D eigenvalue weighted by Gasteiger charge is 2.22. The van der Waals surface area contributed by atoms with Crippen molar-refractivity contribution in [3.63, 3.8) is 0 Å².